The average molecular weight is 223 g/mol. The molecule has 0 saturated carbocycles. The van der Waals surface area contributed by atoms with E-state index in [1.54, 1.807) is 0 Å². The fourth-order valence-electron chi connectivity index (χ4n) is 0.864. The number of hydrogen-bond acceptors (Lipinski definition) is 3. The van der Waals surface area contributed by atoms with Crippen molar-refractivity contribution in [2.24, 2.45) is 5.73 Å². The molecule has 0 atom stereocenters. The van der Waals surface area contributed by atoms with Crippen LogP contribution in [-0.4, -0.2) is 38.9 Å². The molecule has 6 heteroatoms. The van der Waals surface area contributed by atoms with Crippen molar-refractivity contribution in [1.29, 1.82) is 0 Å². The van der Waals surface area contributed by atoms with E-state index in [2.05, 4.69) is 4.72 Å². The van der Waals surface area contributed by atoms with Crippen molar-refractivity contribution in [2.45, 2.75) is 32.2 Å². The lowest BCUT2D eigenvalue weighted by molar-refractivity contribution is 0.386. The molecule has 14 heavy (non-hydrogen) atoms. The smallest absolute Gasteiger partial charge is 0.278 e. The molecule has 0 aromatic carbocycles. The molecule has 5 nitrogen and oxygen atoms in total. The lowest BCUT2D eigenvalue weighted by Crippen LogP contribution is -2.51. The lowest BCUT2D eigenvalue weighted by atomic mass is 9.95. The first-order chi connectivity index (χ1) is 6.27. The van der Waals surface area contributed by atoms with Crippen molar-refractivity contribution < 1.29 is 8.42 Å². The van der Waals surface area contributed by atoms with Gasteiger partial charge in [0.15, 0.2) is 0 Å². The minimum atomic E-state index is -3.35. The second-order valence-corrected chi connectivity index (χ2v) is 5.65. The summed E-state index contributed by atoms with van der Waals surface area (Å²) in [5, 5.41) is 0. The lowest BCUT2D eigenvalue weighted by Gasteiger charge is -2.27. The van der Waals surface area contributed by atoms with E-state index in [1.165, 1.54) is 14.1 Å². The first-order valence-corrected chi connectivity index (χ1v) is 6.17. The summed E-state index contributed by atoms with van der Waals surface area (Å²) >= 11 is 0. The Hall–Kier alpha value is -0.170. The molecule has 0 aromatic heterocycles. The van der Waals surface area contributed by atoms with E-state index in [4.69, 9.17) is 5.73 Å². The molecular formula is C8H21N3O2S. The number of nitrogens with two attached hydrogens (primary N) is 1. The predicted octanol–water partition coefficient (Wildman–Crippen LogP) is -0.100. The second-order valence-electron chi connectivity index (χ2n) is 3.68. The van der Waals surface area contributed by atoms with Crippen molar-refractivity contribution in [3.8, 4) is 0 Å². The first-order valence-electron chi connectivity index (χ1n) is 4.73. The molecule has 0 amide bonds. The molecular weight excluding hydrogens is 202 g/mol. The van der Waals surface area contributed by atoms with Crippen LogP contribution in [0.25, 0.3) is 0 Å². The highest BCUT2D eigenvalue weighted by molar-refractivity contribution is 7.87. The van der Waals surface area contributed by atoms with Gasteiger partial charge in [0, 0.05) is 26.2 Å². The van der Waals surface area contributed by atoms with Gasteiger partial charge in [0.05, 0.1) is 0 Å². The van der Waals surface area contributed by atoms with Crippen LogP contribution in [0.1, 0.15) is 26.7 Å². The van der Waals surface area contributed by atoms with Gasteiger partial charge in [-0.2, -0.15) is 12.7 Å². The second kappa shape index (κ2) is 5.06. The Morgan fingerprint density at radius 3 is 2.00 bits per heavy atom. The van der Waals surface area contributed by atoms with Crippen molar-refractivity contribution in [3.63, 3.8) is 0 Å². The highest BCUT2D eigenvalue weighted by Gasteiger charge is 2.23. The Balaban J connectivity index is 4.31. The SMILES string of the molecule is CCC(N)(CC)CNS(=O)(=O)N(C)C. The summed E-state index contributed by atoms with van der Waals surface area (Å²) in [6, 6.07) is 0. The van der Waals surface area contributed by atoms with Crippen molar-refractivity contribution >= 4 is 10.2 Å². The third kappa shape index (κ3) is 3.91. The van der Waals surface area contributed by atoms with Crippen LogP contribution in [-0.2, 0) is 10.2 Å². The summed E-state index contributed by atoms with van der Waals surface area (Å²) in [5.74, 6) is 0. The largest absolute Gasteiger partial charge is 0.324 e. The normalized spacial score (nSPS) is 13.6. The highest BCUT2D eigenvalue weighted by atomic mass is 32.2. The topological polar surface area (TPSA) is 75.4 Å². The summed E-state index contributed by atoms with van der Waals surface area (Å²) in [6.07, 6.45) is 1.50. The van der Waals surface area contributed by atoms with Crippen molar-refractivity contribution in [3.05, 3.63) is 0 Å². The Morgan fingerprint density at radius 2 is 1.71 bits per heavy atom. The molecule has 0 aliphatic carbocycles. The van der Waals surface area contributed by atoms with E-state index in [0.29, 0.717) is 0 Å². The third-order valence-corrected chi connectivity index (χ3v) is 3.97. The number of hydrogen-bond donors (Lipinski definition) is 2. The summed E-state index contributed by atoms with van der Waals surface area (Å²) < 4.78 is 26.3. The number of nitrogens with zero attached hydrogens (tertiary/aromatic N) is 1. The maximum atomic E-state index is 11.4. The number of nitrogens with one attached hydrogen (secondary N) is 1. The zero-order chi connectivity index (χ0) is 11.4. The average Bonchev–Trinajstić information content (AvgIpc) is 2.14. The Bertz CT molecular complexity index is 258. The van der Waals surface area contributed by atoms with Crippen LogP contribution in [0.2, 0.25) is 0 Å². The Morgan fingerprint density at radius 1 is 1.29 bits per heavy atom. The van der Waals surface area contributed by atoms with Gasteiger partial charge < -0.3 is 5.73 Å². The van der Waals surface area contributed by atoms with Crippen LogP contribution < -0.4 is 10.5 Å². The van der Waals surface area contributed by atoms with Crippen LogP contribution in [0.15, 0.2) is 0 Å². The molecule has 0 aromatic rings. The standard InChI is InChI=1S/C8H21N3O2S/c1-5-8(9,6-2)7-10-14(12,13)11(3)4/h10H,5-7,9H2,1-4H3. The first kappa shape index (κ1) is 13.8. The maximum Gasteiger partial charge on any atom is 0.278 e. The zero-order valence-electron chi connectivity index (χ0n) is 9.37. The van der Waals surface area contributed by atoms with Gasteiger partial charge in [0.2, 0.25) is 0 Å². The van der Waals surface area contributed by atoms with Gasteiger partial charge in [0.25, 0.3) is 10.2 Å². The molecule has 0 aliphatic rings. The molecule has 86 valence electrons. The summed E-state index contributed by atoms with van der Waals surface area (Å²) in [5.41, 5.74) is 5.52. The molecule has 0 unspecified atom stereocenters. The minimum absolute atomic E-state index is 0.278. The molecule has 0 bridgehead atoms. The van der Waals surface area contributed by atoms with E-state index < -0.39 is 15.7 Å². The van der Waals surface area contributed by atoms with Gasteiger partial charge in [-0.25, -0.2) is 4.72 Å². The third-order valence-electron chi connectivity index (χ3n) is 2.50. The maximum absolute atomic E-state index is 11.4. The van der Waals surface area contributed by atoms with Gasteiger partial charge in [-0.05, 0) is 12.8 Å². The molecule has 0 heterocycles. The summed E-state index contributed by atoms with van der Waals surface area (Å²) in [6.45, 7) is 4.18. The van der Waals surface area contributed by atoms with Crippen LogP contribution in [0.4, 0.5) is 0 Å². The number of rotatable bonds is 6. The molecule has 0 aliphatic heterocycles. The van der Waals surface area contributed by atoms with Gasteiger partial charge in [0.1, 0.15) is 0 Å². The van der Waals surface area contributed by atoms with E-state index in [9.17, 15) is 8.42 Å². The Labute approximate surface area is 86.8 Å². The van der Waals surface area contributed by atoms with Gasteiger partial charge in [-0.1, -0.05) is 13.8 Å². The molecule has 0 radical (unpaired) electrons. The van der Waals surface area contributed by atoms with E-state index in [1.807, 2.05) is 13.8 Å². The summed E-state index contributed by atoms with van der Waals surface area (Å²) in [7, 11) is -0.379. The fourth-order valence-corrected chi connectivity index (χ4v) is 1.59. The molecule has 0 spiro atoms. The molecule has 3 N–H and O–H groups in total. The molecule has 0 fully saturated rings. The fraction of sp³-hybridized carbons (Fsp3) is 1.00. The van der Waals surface area contributed by atoms with Crippen LogP contribution in [0.3, 0.4) is 0 Å². The van der Waals surface area contributed by atoms with Gasteiger partial charge in [-0.15, -0.1) is 0 Å². The van der Waals surface area contributed by atoms with Crippen LogP contribution >= 0.6 is 0 Å². The van der Waals surface area contributed by atoms with Crippen molar-refractivity contribution in [2.75, 3.05) is 20.6 Å². The van der Waals surface area contributed by atoms with Crippen LogP contribution in [0.5, 0.6) is 0 Å². The Kier molecular flexibility index (Phi) is 5.00. The molecule has 0 rings (SSSR count). The van der Waals surface area contributed by atoms with Gasteiger partial charge in [-0.3, -0.25) is 0 Å². The highest BCUT2D eigenvalue weighted by Crippen LogP contribution is 2.09. The summed E-state index contributed by atoms with van der Waals surface area (Å²) in [4.78, 5) is 0. The quantitative estimate of drug-likeness (QED) is 0.660. The van der Waals surface area contributed by atoms with Crippen LogP contribution in [0, 0.1) is 0 Å². The monoisotopic (exact) mass is 223 g/mol. The van der Waals surface area contributed by atoms with E-state index in [0.717, 1.165) is 17.1 Å². The minimum Gasteiger partial charge on any atom is -0.324 e. The van der Waals surface area contributed by atoms with E-state index >= 15 is 0 Å². The molecule has 0 saturated heterocycles. The van der Waals surface area contributed by atoms with Crippen molar-refractivity contribution in [1.82, 2.24) is 9.03 Å². The van der Waals surface area contributed by atoms with Gasteiger partial charge >= 0.3 is 0 Å². The van der Waals surface area contributed by atoms with E-state index in [-0.39, 0.29) is 6.54 Å². The predicted molar refractivity (Wildman–Crippen MR) is 58.1 cm³/mol. The zero-order valence-corrected chi connectivity index (χ0v) is 10.2.